The topological polar surface area (TPSA) is 84.1 Å². The summed E-state index contributed by atoms with van der Waals surface area (Å²) in [7, 11) is 1.56. The first-order valence-corrected chi connectivity index (χ1v) is 11.9. The fourth-order valence-corrected chi connectivity index (χ4v) is 5.53. The monoisotopic (exact) mass is 465 g/mol. The molecule has 4 aromatic rings. The predicted molar refractivity (Wildman–Crippen MR) is 132 cm³/mol. The Bertz CT molecular complexity index is 1320. The maximum atomic E-state index is 13.0. The first kappa shape index (κ1) is 22.1. The molecule has 0 bridgehead atoms. The van der Waals surface area contributed by atoms with Crippen molar-refractivity contribution in [2.45, 2.75) is 30.7 Å². The molecule has 2 aromatic heterocycles. The summed E-state index contributed by atoms with van der Waals surface area (Å²) in [6.07, 6.45) is 0.576. The zero-order valence-corrected chi connectivity index (χ0v) is 19.6. The second-order valence-electron chi connectivity index (χ2n) is 7.15. The Morgan fingerprint density at radius 2 is 1.91 bits per heavy atom. The molecule has 2 N–H and O–H groups in total. The van der Waals surface area contributed by atoms with Crippen molar-refractivity contribution in [3.63, 3.8) is 0 Å². The molecule has 1 atom stereocenters. The largest absolute Gasteiger partial charge is 0.495 e. The number of para-hydroxylation sites is 2. The van der Waals surface area contributed by atoms with E-state index in [-0.39, 0.29) is 11.5 Å². The number of hydrogen-bond donors (Lipinski definition) is 2. The minimum atomic E-state index is -0.421. The van der Waals surface area contributed by atoms with Gasteiger partial charge in [0.15, 0.2) is 5.16 Å². The van der Waals surface area contributed by atoms with Crippen LogP contribution in [0.25, 0.3) is 21.3 Å². The highest BCUT2D eigenvalue weighted by atomic mass is 32.2. The third-order valence-corrected chi connectivity index (χ3v) is 7.31. The Hall–Kier alpha value is -3.10. The van der Waals surface area contributed by atoms with Gasteiger partial charge in [-0.15, -0.1) is 11.3 Å². The van der Waals surface area contributed by atoms with Crippen molar-refractivity contribution in [1.82, 2.24) is 9.97 Å². The molecule has 0 spiro atoms. The highest BCUT2D eigenvalue weighted by molar-refractivity contribution is 8.00. The molecule has 32 heavy (non-hydrogen) atoms. The van der Waals surface area contributed by atoms with Crippen LogP contribution in [0.1, 0.15) is 18.2 Å². The van der Waals surface area contributed by atoms with Crippen molar-refractivity contribution in [2.24, 2.45) is 0 Å². The number of benzene rings is 2. The van der Waals surface area contributed by atoms with Crippen LogP contribution in [0.4, 0.5) is 5.69 Å². The molecule has 1 amide bonds. The Balaban J connectivity index is 1.62. The van der Waals surface area contributed by atoms with Crippen LogP contribution in [-0.2, 0) is 4.79 Å². The minimum Gasteiger partial charge on any atom is -0.495 e. The number of methoxy groups -OCH3 is 1. The number of nitrogens with zero attached hydrogens (tertiary/aromatic N) is 1. The van der Waals surface area contributed by atoms with Gasteiger partial charge in [0.25, 0.3) is 5.56 Å². The molecule has 4 rings (SSSR count). The van der Waals surface area contributed by atoms with Gasteiger partial charge in [0.05, 0.1) is 23.4 Å². The van der Waals surface area contributed by atoms with Gasteiger partial charge in [-0.3, -0.25) is 9.59 Å². The van der Waals surface area contributed by atoms with Gasteiger partial charge < -0.3 is 15.0 Å². The van der Waals surface area contributed by atoms with Crippen LogP contribution in [0, 0.1) is 6.92 Å². The number of aryl methyl sites for hydroxylation is 1. The van der Waals surface area contributed by atoms with Gasteiger partial charge in [0, 0.05) is 10.4 Å². The summed E-state index contributed by atoms with van der Waals surface area (Å²) in [6.45, 7) is 3.93. The molecule has 0 aliphatic heterocycles. The van der Waals surface area contributed by atoms with Gasteiger partial charge in [0.1, 0.15) is 10.6 Å². The van der Waals surface area contributed by atoms with E-state index in [9.17, 15) is 9.59 Å². The number of nitrogens with one attached hydrogen (secondary N) is 2. The first-order chi connectivity index (χ1) is 15.5. The smallest absolute Gasteiger partial charge is 0.260 e. The van der Waals surface area contributed by atoms with Crippen LogP contribution in [0.2, 0.25) is 0 Å². The maximum Gasteiger partial charge on any atom is 0.260 e. The van der Waals surface area contributed by atoms with E-state index in [0.717, 1.165) is 16.0 Å². The molecule has 1 unspecified atom stereocenters. The zero-order valence-electron chi connectivity index (χ0n) is 18.0. The molecule has 2 aromatic carbocycles. The molecule has 0 aliphatic rings. The van der Waals surface area contributed by atoms with Gasteiger partial charge in [-0.05, 0) is 31.0 Å². The van der Waals surface area contributed by atoms with E-state index in [2.05, 4.69) is 15.3 Å². The van der Waals surface area contributed by atoms with E-state index in [1.807, 2.05) is 56.3 Å². The standard InChI is InChI=1S/C24H23N3O3S2/c1-4-18(21(28)25-16-12-8-9-13-17(16)30-3)32-24-26-22(29)20-19(14(2)31-23(20)27-24)15-10-6-5-7-11-15/h5-13,18H,4H2,1-3H3,(H,25,28)(H,26,27,29). The van der Waals surface area contributed by atoms with E-state index in [4.69, 9.17) is 4.74 Å². The van der Waals surface area contributed by atoms with Crippen LogP contribution >= 0.6 is 23.1 Å². The van der Waals surface area contributed by atoms with Crippen LogP contribution in [0.3, 0.4) is 0 Å². The SMILES string of the molecule is CCC(Sc1nc2sc(C)c(-c3ccccc3)c2c(=O)[nH]1)C(=O)Nc1ccccc1OC. The van der Waals surface area contributed by atoms with Crippen LogP contribution in [0.15, 0.2) is 64.5 Å². The van der Waals surface area contributed by atoms with Gasteiger partial charge in [0.2, 0.25) is 5.91 Å². The summed E-state index contributed by atoms with van der Waals surface area (Å²) in [5.74, 6) is 0.424. The molecule has 0 radical (unpaired) electrons. The number of thioether (sulfide) groups is 1. The average Bonchev–Trinajstić information content (AvgIpc) is 3.14. The van der Waals surface area contributed by atoms with Gasteiger partial charge in [-0.1, -0.05) is 61.2 Å². The van der Waals surface area contributed by atoms with Crippen molar-refractivity contribution in [2.75, 3.05) is 12.4 Å². The molecule has 0 fully saturated rings. The quantitative estimate of drug-likeness (QED) is 0.279. The number of ether oxygens (including phenoxy) is 1. The highest BCUT2D eigenvalue weighted by Gasteiger charge is 2.22. The van der Waals surface area contributed by atoms with E-state index >= 15 is 0 Å². The van der Waals surface area contributed by atoms with Crippen molar-refractivity contribution >= 4 is 44.9 Å². The fourth-order valence-electron chi connectivity index (χ4n) is 3.53. The van der Waals surface area contributed by atoms with Crippen molar-refractivity contribution in [1.29, 1.82) is 0 Å². The maximum absolute atomic E-state index is 13.0. The molecule has 6 nitrogen and oxygen atoms in total. The van der Waals surface area contributed by atoms with E-state index in [1.165, 1.54) is 23.1 Å². The number of aromatic amines is 1. The second kappa shape index (κ2) is 9.58. The van der Waals surface area contributed by atoms with Gasteiger partial charge >= 0.3 is 0 Å². The number of aromatic nitrogens is 2. The molecular formula is C24H23N3O3S2. The molecule has 0 saturated carbocycles. The van der Waals surface area contributed by atoms with Crippen LogP contribution in [-0.4, -0.2) is 28.2 Å². The lowest BCUT2D eigenvalue weighted by molar-refractivity contribution is -0.115. The molecule has 0 saturated heterocycles. The number of carbonyl (C=O) groups is 1. The molecule has 8 heteroatoms. The second-order valence-corrected chi connectivity index (χ2v) is 9.55. The molecule has 164 valence electrons. The fraction of sp³-hybridized carbons (Fsp3) is 0.208. The Labute approximate surface area is 194 Å². The van der Waals surface area contributed by atoms with Crippen molar-refractivity contribution < 1.29 is 9.53 Å². The number of amides is 1. The van der Waals surface area contributed by atoms with Crippen LogP contribution in [0.5, 0.6) is 5.75 Å². The van der Waals surface area contributed by atoms with E-state index < -0.39 is 5.25 Å². The normalized spacial score (nSPS) is 12.0. The Kier molecular flexibility index (Phi) is 6.62. The van der Waals surface area contributed by atoms with E-state index in [0.29, 0.717) is 33.2 Å². The number of rotatable bonds is 7. The number of hydrogen-bond acceptors (Lipinski definition) is 6. The summed E-state index contributed by atoms with van der Waals surface area (Å²) >= 11 is 2.75. The summed E-state index contributed by atoms with van der Waals surface area (Å²) < 4.78 is 5.31. The summed E-state index contributed by atoms with van der Waals surface area (Å²) in [6, 6.07) is 17.1. The first-order valence-electron chi connectivity index (χ1n) is 10.2. The number of thiophene rings is 1. The third kappa shape index (κ3) is 4.42. The number of fused-ring (bicyclic) bond motifs is 1. The minimum absolute atomic E-state index is 0.169. The molecule has 2 heterocycles. The summed E-state index contributed by atoms with van der Waals surface area (Å²) in [5, 5.41) is 3.52. The number of carbonyl (C=O) groups excluding carboxylic acids is 1. The molecular weight excluding hydrogens is 442 g/mol. The average molecular weight is 466 g/mol. The third-order valence-electron chi connectivity index (χ3n) is 5.06. The highest BCUT2D eigenvalue weighted by Crippen LogP contribution is 2.36. The van der Waals surface area contributed by atoms with Gasteiger partial charge in [-0.2, -0.15) is 0 Å². The number of anilines is 1. The lowest BCUT2D eigenvalue weighted by Crippen LogP contribution is -2.25. The summed E-state index contributed by atoms with van der Waals surface area (Å²) in [4.78, 5) is 35.2. The Morgan fingerprint density at radius 1 is 1.19 bits per heavy atom. The molecule has 0 aliphatic carbocycles. The van der Waals surface area contributed by atoms with Crippen molar-refractivity contribution in [3.05, 3.63) is 69.8 Å². The number of H-pyrrole nitrogens is 1. The van der Waals surface area contributed by atoms with E-state index in [1.54, 1.807) is 19.2 Å². The lowest BCUT2D eigenvalue weighted by Gasteiger charge is -2.15. The lowest BCUT2D eigenvalue weighted by atomic mass is 10.0. The Morgan fingerprint density at radius 3 is 2.62 bits per heavy atom. The summed E-state index contributed by atoms with van der Waals surface area (Å²) in [5.41, 5.74) is 2.32. The van der Waals surface area contributed by atoms with Crippen LogP contribution < -0.4 is 15.6 Å². The van der Waals surface area contributed by atoms with Gasteiger partial charge in [-0.25, -0.2) is 4.98 Å². The van der Waals surface area contributed by atoms with Crippen molar-refractivity contribution in [3.8, 4) is 16.9 Å². The predicted octanol–water partition coefficient (Wildman–Crippen LogP) is 5.48. The zero-order chi connectivity index (χ0) is 22.7.